The maximum Gasteiger partial charge on any atom is 0.243 e. The minimum atomic E-state index is -0.106. The number of anilines is 2. The van der Waals surface area contributed by atoms with Gasteiger partial charge in [0.15, 0.2) is 0 Å². The van der Waals surface area contributed by atoms with E-state index in [1.54, 1.807) is 24.3 Å². The molecule has 0 saturated heterocycles. The van der Waals surface area contributed by atoms with E-state index in [0.717, 1.165) is 5.69 Å². The summed E-state index contributed by atoms with van der Waals surface area (Å²) in [5, 5.41) is 6.50. The van der Waals surface area contributed by atoms with Gasteiger partial charge in [0.2, 0.25) is 5.91 Å². The van der Waals surface area contributed by atoms with Crippen LogP contribution in [0.25, 0.3) is 0 Å². The number of carbonyl (C=O) groups excluding carboxylic acids is 1. The van der Waals surface area contributed by atoms with Crippen LogP contribution in [0, 0.1) is 0 Å². The number of hydrogen-bond acceptors (Lipinski definition) is 2. The Kier molecular flexibility index (Phi) is 5.23. The van der Waals surface area contributed by atoms with Crippen LogP contribution >= 0.6 is 11.6 Å². The van der Waals surface area contributed by atoms with Gasteiger partial charge in [0, 0.05) is 16.4 Å². The van der Waals surface area contributed by atoms with Gasteiger partial charge in [-0.3, -0.25) is 4.79 Å². The number of benzene rings is 2. The second-order valence-electron chi connectivity index (χ2n) is 5.19. The predicted molar refractivity (Wildman–Crippen MR) is 89.1 cm³/mol. The summed E-state index contributed by atoms with van der Waals surface area (Å²) in [6.45, 7) is 4.52. The molecule has 0 radical (unpaired) electrons. The van der Waals surface area contributed by atoms with Gasteiger partial charge in [-0.15, -0.1) is 0 Å². The molecule has 2 N–H and O–H groups in total. The molecule has 4 heteroatoms. The summed E-state index contributed by atoms with van der Waals surface area (Å²) in [5.74, 6) is 0.399. The number of nitrogens with one attached hydrogen (secondary N) is 2. The normalized spacial score (nSPS) is 10.5. The maximum absolute atomic E-state index is 11.9. The zero-order chi connectivity index (χ0) is 15.2. The third kappa shape index (κ3) is 4.80. The van der Waals surface area contributed by atoms with Crippen LogP contribution in [0.3, 0.4) is 0 Å². The van der Waals surface area contributed by atoms with E-state index in [1.807, 2.05) is 12.1 Å². The fraction of sp³-hybridized carbons (Fsp3) is 0.235. The molecule has 3 nitrogen and oxygen atoms in total. The fourth-order valence-electron chi connectivity index (χ4n) is 1.94. The summed E-state index contributed by atoms with van der Waals surface area (Å²) < 4.78 is 0. The Labute approximate surface area is 130 Å². The van der Waals surface area contributed by atoms with Gasteiger partial charge in [0.05, 0.1) is 6.54 Å². The van der Waals surface area contributed by atoms with E-state index in [0.29, 0.717) is 16.6 Å². The van der Waals surface area contributed by atoms with Crippen molar-refractivity contribution in [1.82, 2.24) is 0 Å². The van der Waals surface area contributed by atoms with Gasteiger partial charge < -0.3 is 10.6 Å². The molecule has 0 aliphatic carbocycles. The first-order valence-corrected chi connectivity index (χ1v) is 7.31. The topological polar surface area (TPSA) is 41.1 Å². The standard InChI is InChI=1S/C17H19ClN2O/c1-12(2)13-6-8-15(9-7-13)19-11-17(21)20-16-5-3-4-14(18)10-16/h3-10,12,19H,11H2,1-2H3,(H,20,21). The van der Waals surface area contributed by atoms with Crippen LogP contribution < -0.4 is 10.6 Å². The van der Waals surface area contributed by atoms with Crippen molar-refractivity contribution in [1.29, 1.82) is 0 Å². The number of carbonyl (C=O) groups is 1. The third-order valence-corrected chi connectivity index (χ3v) is 3.37. The van der Waals surface area contributed by atoms with E-state index >= 15 is 0 Å². The molecule has 0 aliphatic heterocycles. The van der Waals surface area contributed by atoms with Crippen LogP contribution in [0.1, 0.15) is 25.3 Å². The molecule has 0 heterocycles. The van der Waals surface area contributed by atoms with Crippen LogP contribution in [0.15, 0.2) is 48.5 Å². The molecule has 0 spiro atoms. The van der Waals surface area contributed by atoms with Crippen LogP contribution in [0.4, 0.5) is 11.4 Å². The summed E-state index contributed by atoms with van der Waals surface area (Å²) >= 11 is 5.87. The second-order valence-corrected chi connectivity index (χ2v) is 5.63. The lowest BCUT2D eigenvalue weighted by molar-refractivity contribution is -0.114. The summed E-state index contributed by atoms with van der Waals surface area (Å²) in [4.78, 5) is 11.9. The molecule has 0 aliphatic rings. The van der Waals surface area contributed by atoms with Gasteiger partial charge in [-0.05, 0) is 41.8 Å². The van der Waals surface area contributed by atoms with Gasteiger partial charge in [-0.1, -0.05) is 43.6 Å². The van der Waals surface area contributed by atoms with Crippen LogP contribution in [0.5, 0.6) is 0 Å². The lowest BCUT2D eigenvalue weighted by Crippen LogP contribution is -2.21. The number of amides is 1. The van der Waals surface area contributed by atoms with E-state index in [1.165, 1.54) is 5.56 Å². The largest absolute Gasteiger partial charge is 0.376 e. The number of rotatable bonds is 5. The Morgan fingerprint density at radius 1 is 1.10 bits per heavy atom. The smallest absolute Gasteiger partial charge is 0.243 e. The molecule has 0 saturated carbocycles. The zero-order valence-electron chi connectivity index (χ0n) is 12.2. The monoisotopic (exact) mass is 302 g/mol. The molecular weight excluding hydrogens is 284 g/mol. The second kappa shape index (κ2) is 7.14. The average Bonchev–Trinajstić information content (AvgIpc) is 2.45. The van der Waals surface area contributed by atoms with E-state index in [-0.39, 0.29) is 12.5 Å². The van der Waals surface area contributed by atoms with Gasteiger partial charge in [-0.2, -0.15) is 0 Å². The summed E-state index contributed by atoms with van der Waals surface area (Å²) in [7, 11) is 0. The van der Waals surface area contributed by atoms with Gasteiger partial charge in [0.1, 0.15) is 0 Å². The Bertz CT molecular complexity index is 608. The van der Waals surface area contributed by atoms with Crippen molar-refractivity contribution in [2.45, 2.75) is 19.8 Å². The molecule has 21 heavy (non-hydrogen) atoms. The van der Waals surface area contributed by atoms with Crippen molar-refractivity contribution in [3.63, 3.8) is 0 Å². The molecule has 0 atom stereocenters. The van der Waals surface area contributed by atoms with E-state index in [2.05, 4.69) is 36.6 Å². The van der Waals surface area contributed by atoms with Gasteiger partial charge >= 0.3 is 0 Å². The fourth-order valence-corrected chi connectivity index (χ4v) is 2.13. The Balaban J connectivity index is 1.86. The Morgan fingerprint density at radius 3 is 2.43 bits per heavy atom. The minimum Gasteiger partial charge on any atom is -0.376 e. The lowest BCUT2D eigenvalue weighted by atomic mass is 10.0. The first-order valence-electron chi connectivity index (χ1n) is 6.94. The van der Waals surface area contributed by atoms with Crippen LogP contribution in [-0.2, 0) is 4.79 Å². The van der Waals surface area contributed by atoms with Gasteiger partial charge in [0.25, 0.3) is 0 Å². The maximum atomic E-state index is 11.9. The van der Waals surface area contributed by atoms with E-state index in [4.69, 9.17) is 11.6 Å². The summed E-state index contributed by atoms with van der Waals surface area (Å²) in [5.41, 5.74) is 2.91. The minimum absolute atomic E-state index is 0.106. The first-order chi connectivity index (χ1) is 10.0. The highest BCUT2D eigenvalue weighted by atomic mass is 35.5. The molecule has 0 aromatic heterocycles. The van der Waals surface area contributed by atoms with Crippen LogP contribution in [-0.4, -0.2) is 12.5 Å². The molecule has 110 valence electrons. The van der Waals surface area contributed by atoms with E-state index in [9.17, 15) is 4.79 Å². The first kappa shape index (κ1) is 15.4. The third-order valence-electron chi connectivity index (χ3n) is 3.14. The van der Waals surface area contributed by atoms with Crippen molar-refractivity contribution in [3.05, 3.63) is 59.1 Å². The van der Waals surface area contributed by atoms with Crippen molar-refractivity contribution in [3.8, 4) is 0 Å². The highest BCUT2D eigenvalue weighted by molar-refractivity contribution is 6.30. The molecule has 2 aromatic rings. The molecule has 2 rings (SSSR count). The average molecular weight is 303 g/mol. The molecule has 0 unspecified atom stereocenters. The molecule has 0 bridgehead atoms. The Hall–Kier alpha value is -2.00. The van der Waals surface area contributed by atoms with Gasteiger partial charge in [-0.25, -0.2) is 0 Å². The van der Waals surface area contributed by atoms with E-state index < -0.39 is 0 Å². The SMILES string of the molecule is CC(C)c1ccc(NCC(=O)Nc2cccc(Cl)c2)cc1. The lowest BCUT2D eigenvalue weighted by Gasteiger charge is -2.10. The van der Waals surface area contributed by atoms with Crippen molar-refractivity contribution in [2.75, 3.05) is 17.2 Å². The van der Waals surface area contributed by atoms with Crippen LogP contribution in [0.2, 0.25) is 5.02 Å². The molecule has 1 amide bonds. The zero-order valence-corrected chi connectivity index (χ0v) is 12.9. The molecule has 2 aromatic carbocycles. The highest BCUT2D eigenvalue weighted by Crippen LogP contribution is 2.17. The summed E-state index contributed by atoms with van der Waals surface area (Å²) in [6.07, 6.45) is 0. The molecule has 0 fully saturated rings. The van der Waals surface area contributed by atoms with Crippen molar-refractivity contribution < 1.29 is 4.79 Å². The predicted octanol–water partition coefficient (Wildman–Crippen LogP) is 4.51. The molecular formula is C17H19ClN2O. The number of hydrogen-bond donors (Lipinski definition) is 2. The number of halogens is 1. The van der Waals surface area contributed by atoms with Crippen molar-refractivity contribution >= 4 is 28.9 Å². The highest BCUT2D eigenvalue weighted by Gasteiger charge is 2.03. The van der Waals surface area contributed by atoms with Crippen molar-refractivity contribution in [2.24, 2.45) is 0 Å². The Morgan fingerprint density at radius 2 is 1.81 bits per heavy atom. The quantitative estimate of drug-likeness (QED) is 0.853. The summed E-state index contributed by atoms with van der Waals surface area (Å²) in [6, 6.07) is 15.2.